The number of amides is 3. The molecule has 0 aromatic carbocycles. The summed E-state index contributed by atoms with van der Waals surface area (Å²) >= 11 is 0. The van der Waals surface area contributed by atoms with Crippen LogP contribution >= 0.6 is 0 Å². The number of rotatable bonds is 4. The van der Waals surface area contributed by atoms with Gasteiger partial charge in [-0.2, -0.15) is 0 Å². The van der Waals surface area contributed by atoms with Crippen LogP contribution < -0.4 is 5.32 Å². The van der Waals surface area contributed by atoms with Gasteiger partial charge in [-0.15, -0.1) is 0 Å². The normalized spacial score (nSPS) is 29.6. The van der Waals surface area contributed by atoms with E-state index in [4.69, 9.17) is 4.74 Å². The minimum absolute atomic E-state index is 0.0637. The van der Waals surface area contributed by atoms with E-state index in [0.29, 0.717) is 18.8 Å². The number of carbonyl (C=O) groups is 4. The van der Waals surface area contributed by atoms with Crippen molar-refractivity contribution in [1.29, 1.82) is 0 Å². The molecule has 0 aromatic heterocycles. The fourth-order valence-electron chi connectivity index (χ4n) is 4.01. The smallest absolute Gasteiger partial charge is 0.326 e. The third kappa shape index (κ3) is 3.71. The molecule has 0 aromatic rings. The lowest BCUT2D eigenvalue weighted by Gasteiger charge is -2.43. The van der Waals surface area contributed by atoms with Gasteiger partial charge in [-0.05, 0) is 37.5 Å². The van der Waals surface area contributed by atoms with E-state index in [9.17, 15) is 19.2 Å². The standard InChI is InChI=1S/C16H24N2O5/c1-10-5-15(3,4)9-16(6-10)13(21)18(14(22)17-16)7-12(20)23-8-11(2)19/h10H,5-9H2,1-4H3,(H,17,22). The fraction of sp³-hybridized carbons (Fsp3) is 0.750. The number of nitrogens with one attached hydrogen (secondary N) is 1. The van der Waals surface area contributed by atoms with Crippen LogP contribution in [0, 0.1) is 11.3 Å². The molecule has 128 valence electrons. The Hall–Kier alpha value is -1.92. The van der Waals surface area contributed by atoms with Crippen LogP contribution in [0.2, 0.25) is 0 Å². The van der Waals surface area contributed by atoms with Crippen LogP contribution in [0.25, 0.3) is 0 Å². The van der Waals surface area contributed by atoms with Gasteiger partial charge in [0.25, 0.3) is 5.91 Å². The Morgan fingerprint density at radius 1 is 1.30 bits per heavy atom. The summed E-state index contributed by atoms with van der Waals surface area (Å²) in [6, 6.07) is -0.570. The first-order valence-corrected chi connectivity index (χ1v) is 7.84. The highest BCUT2D eigenvalue weighted by atomic mass is 16.5. The molecule has 23 heavy (non-hydrogen) atoms. The van der Waals surface area contributed by atoms with Gasteiger partial charge in [0, 0.05) is 0 Å². The third-order valence-electron chi connectivity index (χ3n) is 4.35. The maximum Gasteiger partial charge on any atom is 0.326 e. The molecule has 2 unspecified atom stereocenters. The van der Waals surface area contributed by atoms with Crippen LogP contribution in [0.15, 0.2) is 0 Å². The molecule has 1 saturated heterocycles. The number of ether oxygens (including phenoxy) is 1. The van der Waals surface area contributed by atoms with Crippen molar-refractivity contribution < 1.29 is 23.9 Å². The third-order valence-corrected chi connectivity index (χ3v) is 4.35. The van der Waals surface area contributed by atoms with Crippen molar-refractivity contribution in [3.8, 4) is 0 Å². The number of urea groups is 1. The first-order chi connectivity index (χ1) is 10.5. The van der Waals surface area contributed by atoms with E-state index in [0.717, 1.165) is 11.3 Å². The second-order valence-corrected chi connectivity index (χ2v) is 7.62. The monoisotopic (exact) mass is 324 g/mol. The lowest BCUT2D eigenvalue weighted by molar-refractivity contribution is -0.150. The molecule has 1 heterocycles. The van der Waals surface area contributed by atoms with Gasteiger partial charge in [-0.3, -0.25) is 19.3 Å². The molecule has 0 bridgehead atoms. The Balaban J connectivity index is 2.10. The molecule has 1 aliphatic carbocycles. The molecule has 7 heteroatoms. The van der Waals surface area contributed by atoms with Crippen LogP contribution in [0.5, 0.6) is 0 Å². The topological polar surface area (TPSA) is 92.8 Å². The summed E-state index contributed by atoms with van der Waals surface area (Å²) in [5, 5.41) is 2.79. The predicted molar refractivity (Wildman–Crippen MR) is 81.4 cm³/mol. The maximum atomic E-state index is 12.8. The van der Waals surface area contributed by atoms with E-state index in [1.165, 1.54) is 6.92 Å². The Kier molecular flexibility index (Phi) is 4.50. The molecule has 2 atom stereocenters. The van der Waals surface area contributed by atoms with Gasteiger partial charge in [-0.25, -0.2) is 4.79 Å². The van der Waals surface area contributed by atoms with E-state index in [2.05, 4.69) is 26.1 Å². The lowest BCUT2D eigenvalue weighted by atomic mass is 9.64. The molecule has 1 saturated carbocycles. The van der Waals surface area contributed by atoms with Crippen molar-refractivity contribution >= 4 is 23.7 Å². The fourth-order valence-corrected chi connectivity index (χ4v) is 4.01. The van der Waals surface area contributed by atoms with Crippen molar-refractivity contribution in [2.24, 2.45) is 11.3 Å². The van der Waals surface area contributed by atoms with Crippen molar-refractivity contribution in [3.63, 3.8) is 0 Å². The van der Waals surface area contributed by atoms with Crippen molar-refractivity contribution in [1.82, 2.24) is 10.2 Å². The summed E-state index contributed by atoms with van der Waals surface area (Å²) in [4.78, 5) is 48.4. The van der Waals surface area contributed by atoms with Gasteiger partial charge < -0.3 is 10.1 Å². The summed E-state index contributed by atoms with van der Waals surface area (Å²) in [5.74, 6) is -1.13. The second-order valence-electron chi connectivity index (χ2n) is 7.62. The Bertz CT molecular complexity index is 557. The molecule has 2 rings (SSSR count). The average Bonchev–Trinajstić information content (AvgIpc) is 2.58. The summed E-state index contributed by atoms with van der Waals surface area (Å²) < 4.78 is 4.74. The average molecular weight is 324 g/mol. The Morgan fingerprint density at radius 2 is 1.96 bits per heavy atom. The highest BCUT2D eigenvalue weighted by Crippen LogP contribution is 2.46. The largest absolute Gasteiger partial charge is 0.456 e. The van der Waals surface area contributed by atoms with Crippen LogP contribution in [0.4, 0.5) is 4.79 Å². The number of Topliss-reactive ketones (excluding diaryl/α,β-unsaturated/α-hetero) is 1. The summed E-state index contributed by atoms with van der Waals surface area (Å²) in [6.45, 7) is 6.70. The number of carbonyl (C=O) groups excluding carboxylic acids is 4. The highest BCUT2D eigenvalue weighted by molar-refractivity contribution is 6.08. The zero-order valence-electron chi connectivity index (χ0n) is 14.1. The molecule has 2 fully saturated rings. The van der Waals surface area contributed by atoms with Crippen LogP contribution in [0.1, 0.15) is 47.0 Å². The summed E-state index contributed by atoms with van der Waals surface area (Å²) in [5.41, 5.74) is -0.995. The minimum atomic E-state index is -0.931. The Morgan fingerprint density at radius 3 is 2.52 bits per heavy atom. The van der Waals surface area contributed by atoms with E-state index in [-0.39, 0.29) is 23.7 Å². The molecule has 1 aliphatic heterocycles. The molecule has 1 N–H and O–H groups in total. The number of hydrogen-bond acceptors (Lipinski definition) is 5. The zero-order valence-corrected chi connectivity index (χ0v) is 14.1. The molecule has 7 nitrogen and oxygen atoms in total. The van der Waals surface area contributed by atoms with Gasteiger partial charge in [0.15, 0.2) is 5.78 Å². The predicted octanol–water partition coefficient (Wildman–Crippen LogP) is 1.26. The first kappa shape index (κ1) is 17.4. The van der Waals surface area contributed by atoms with Gasteiger partial charge in [-0.1, -0.05) is 20.8 Å². The van der Waals surface area contributed by atoms with Crippen LogP contribution in [-0.2, 0) is 19.1 Å². The number of imide groups is 1. The van der Waals surface area contributed by atoms with Gasteiger partial charge >= 0.3 is 12.0 Å². The molecule has 1 spiro atoms. The lowest BCUT2D eigenvalue weighted by Crippen LogP contribution is -2.54. The van der Waals surface area contributed by atoms with E-state index < -0.39 is 24.1 Å². The van der Waals surface area contributed by atoms with Gasteiger partial charge in [0.1, 0.15) is 18.7 Å². The summed E-state index contributed by atoms with van der Waals surface area (Å²) in [7, 11) is 0. The highest BCUT2D eigenvalue weighted by Gasteiger charge is 2.56. The molecule has 0 radical (unpaired) electrons. The zero-order chi connectivity index (χ0) is 17.4. The van der Waals surface area contributed by atoms with E-state index >= 15 is 0 Å². The number of nitrogens with zero attached hydrogens (tertiary/aromatic N) is 1. The van der Waals surface area contributed by atoms with Crippen molar-refractivity contribution in [2.75, 3.05) is 13.2 Å². The first-order valence-electron chi connectivity index (χ1n) is 7.84. The second kappa shape index (κ2) is 5.94. The van der Waals surface area contributed by atoms with E-state index in [1.807, 2.05) is 0 Å². The minimum Gasteiger partial charge on any atom is -0.456 e. The quantitative estimate of drug-likeness (QED) is 0.621. The van der Waals surface area contributed by atoms with Crippen molar-refractivity contribution in [2.45, 2.75) is 52.5 Å². The number of esters is 1. The van der Waals surface area contributed by atoms with Crippen LogP contribution in [0.3, 0.4) is 0 Å². The van der Waals surface area contributed by atoms with Gasteiger partial charge in [0.05, 0.1) is 0 Å². The molecular formula is C16H24N2O5. The molecule has 3 amide bonds. The Labute approximate surface area is 135 Å². The van der Waals surface area contributed by atoms with Crippen LogP contribution in [-0.4, -0.2) is 47.3 Å². The van der Waals surface area contributed by atoms with E-state index in [1.54, 1.807) is 0 Å². The molecule has 2 aliphatic rings. The number of hydrogen-bond donors (Lipinski definition) is 1. The van der Waals surface area contributed by atoms with Gasteiger partial charge in [0.2, 0.25) is 0 Å². The SMILES string of the molecule is CC(=O)COC(=O)CN1C(=O)NC2(CC(C)CC(C)(C)C2)C1=O. The van der Waals surface area contributed by atoms with Crippen molar-refractivity contribution in [3.05, 3.63) is 0 Å². The molecular weight excluding hydrogens is 300 g/mol. The number of ketones is 1. The summed E-state index contributed by atoms with van der Waals surface area (Å²) in [6.07, 6.45) is 2.10. The maximum absolute atomic E-state index is 12.8.